The molecule has 0 bridgehead atoms. The van der Waals surface area contributed by atoms with Crippen molar-refractivity contribution < 1.29 is 31.9 Å². The molecule has 1 fully saturated rings. The molecule has 116 valence electrons. The maximum Gasteiger partial charge on any atom is 0.491 e. The van der Waals surface area contributed by atoms with Gasteiger partial charge in [-0.25, -0.2) is 9.18 Å². The van der Waals surface area contributed by atoms with Gasteiger partial charge in [0, 0.05) is 25.2 Å². The topological polar surface area (TPSA) is 58.6 Å². The second-order valence-corrected chi connectivity index (χ2v) is 5.31. The highest BCUT2D eigenvalue weighted by atomic mass is 19.4. The summed E-state index contributed by atoms with van der Waals surface area (Å²) in [6.07, 6.45) is -7.71. The zero-order valence-electron chi connectivity index (χ0n) is 10.7. The van der Waals surface area contributed by atoms with Crippen molar-refractivity contribution in [2.45, 2.75) is 25.0 Å². The van der Waals surface area contributed by atoms with E-state index in [9.17, 15) is 27.2 Å². The van der Waals surface area contributed by atoms with Crippen LogP contribution in [0.2, 0.25) is 0 Å². The molecule has 9 heteroatoms. The predicted octanol–water partition coefficient (Wildman–Crippen LogP) is 0.518. The highest BCUT2D eigenvalue weighted by Crippen LogP contribution is 2.39. The Morgan fingerprint density at radius 3 is 2.52 bits per heavy atom. The van der Waals surface area contributed by atoms with Gasteiger partial charge in [-0.3, -0.25) is 9.69 Å². The Balaban J connectivity index is 1.78. The molecule has 0 aromatic carbocycles. The van der Waals surface area contributed by atoms with Gasteiger partial charge in [-0.2, -0.15) is 13.2 Å². The quantitative estimate of drug-likeness (QED) is 0.459. The van der Waals surface area contributed by atoms with Crippen molar-refractivity contribution in [2.75, 3.05) is 19.6 Å². The lowest BCUT2D eigenvalue weighted by Crippen LogP contribution is -2.45. The van der Waals surface area contributed by atoms with Crippen LogP contribution in [0.25, 0.3) is 0 Å². The summed E-state index contributed by atoms with van der Waals surface area (Å²) in [7, 11) is 0. The predicted molar refractivity (Wildman–Crippen MR) is 60.5 cm³/mol. The molecule has 1 saturated carbocycles. The molecule has 3 unspecified atom stereocenters. The number of nitrogens with one attached hydrogen (secondary N) is 1. The van der Waals surface area contributed by atoms with E-state index in [4.69, 9.17) is 0 Å². The Hall–Kier alpha value is -1.64. The molecule has 2 aliphatic heterocycles. The van der Waals surface area contributed by atoms with Gasteiger partial charge >= 0.3 is 12.1 Å². The van der Waals surface area contributed by atoms with Gasteiger partial charge in [-0.1, -0.05) is 0 Å². The van der Waals surface area contributed by atoms with Crippen molar-refractivity contribution in [3.05, 3.63) is 11.1 Å². The first-order valence-electron chi connectivity index (χ1n) is 6.43. The number of amides is 1. The van der Waals surface area contributed by atoms with E-state index in [0.717, 1.165) is 10.5 Å². The third-order valence-corrected chi connectivity index (χ3v) is 3.81. The van der Waals surface area contributed by atoms with Crippen LogP contribution in [0.15, 0.2) is 11.1 Å². The fraction of sp³-hybridized carbons (Fsp3) is 0.667. The van der Waals surface area contributed by atoms with Crippen molar-refractivity contribution in [2.24, 2.45) is 5.92 Å². The zero-order chi connectivity index (χ0) is 15.4. The van der Waals surface area contributed by atoms with E-state index in [0.29, 0.717) is 12.1 Å². The van der Waals surface area contributed by atoms with Crippen molar-refractivity contribution in [3.8, 4) is 0 Å². The average molecular weight is 308 g/mol. The van der Waals surface area contributed by atoms with Gasteiger partial charge in [0.2, 0.25) is 12.1 Å². The van der Waals surface area contributed by atoms with Gasteiger partial charge in [-0.05, 0) is 12.0 Å². The maximum atomic E-state index is 13.0. The number of nitrogens with zero attached hydrogens (tertiary/aromatic N) is 1. The number of hydrogen-bond acceptors (Lipinski definition) is 4. The normalized spacial score (nSPS) is 31.4. The number of halogens is 4. The Bertz CT molecular complexity index is 531. The molecule has 1 aliphatic carbocycles. The van der Waals surface area contributed by atoms with Crippen molar-refractivity contribution >= 4 is 11.9 Å². The molecule has 0 saturated heterocycles. The fourth-order valence-corrected chi connectivity index (χ4v) is 2.61. The van der Waals surface area contributed by atoms with Crippen LogP contribution in [0.4, 0.5) is 17.6 Å². The second-order valence-electron chi connectivity index (χ2n) is 5.31. The lowest BCUT2D eigenvalue weighted by atomic mass is 10.2. The van der Waals surface area contributed by atoms with Crippen LogP contribution in [-0.2, 0) is 14.3 Å². The van der Waals surface area contributed by atoms with E-state index in [-0.39, 0.29) is 19.5 Å². The summed E-state index contributed by atoms with van der Waals surface area (Å²) in [4.78, 5) is 24.1. The molecule has 0 aromatic rings. The summed E-state index contributed by atoms with van der Waals surface area (Å²) in [5, 5.41) is 2.92. The van der Waals surface area contributed by atoms with Crippen molar-refractivity contribution in [1.29, 1.82) is 0 Å². The minimum absolute atomic E-state index is 0.0676. The molecule has 0 radical (unpaired) electrons. The zero-order valence-corrected chi connectivity index (χ0v) is 10.7. The van der Waals surface area contributed by atoms with Crippen molar-refractivity contribution in [3.63, 3.8) is 0 Å². The minimum atomic E-state index is -5.13. The molecule has 21 heavy (non-hydrogen) atoms. The summed E-state index contributed by atoms with van der Waals surface area (Å²) >= 11 is 0. The van der Waals surface area contributed by atoms with Gasteiger partial charge < -0.3 is 10.1 Å². The number of esters is 1. The van der Waals surface area contributed by atoms with Gasteiger partial charge in [0.25, 0.3) is 0 Å². The second kappa shape index (κ2) is 4.69. The van der Waals surface area contributed by atoms with E-state index in [1.54, 1.807) is 0 Å². The highest BCUT2D eigenvalue weighted by Gasteiger charge is 2.52. The molecular formula is C12H12F4N2O3. The molecule has 1 amide bonds. The van der Waals surface area contributed by atoms with Crippen LogP contribution >= 0.6 is 0 Å². The van der Waals surface area contributed by atoms with Gasteiger partial charge in [0.05, 0.1) is 5.92 Å². The van der Waals surface area contributed by atoms with Crippen LogP contribution in [0.1, 0.15) is 6.42 Å². The lowest BCUT2D eigenvalue weighted by molar-refractivity contribution is -0.209. The third kappa shape index (κ3) is 2.50. The Morgan fingerprint density at radius 2 is 1.95 bits per heavy atom. The monoisotopic (exact) mass is 308 g/mol. The summed E-state index contributed by atoms with van der Waals surface area (Å²) in [6.45, 7) is 0.738. The number of carbonyl (C=O) groups is 2. The van der Waals surface area contributed by atoms with Crippen LogP contribution in [-0.4, -0.2) is 55.0 Å². The average Bonchev–Trinajstić information content (AvgIpc) is 2.83. The van der Waals surface area contributed by atoms with Gasteiger partial charge in [0.1, 0.15) is 6.17 Å². The van der Waals surface area contributed by atoms with E-state index in [1.165, 1.54) is 0 Å². The van der Waals surface area contributed by atoms with Crippen LogP contribution in [0.3, 0.4) is 0 Å². The molecule has 3 aliphatic rings. The van der Waals surface area contributed by atoms with E-state index in [2.05, 4.69) is 10.1 Å². The smallest absolute Gasteiger partial charge is 0.431 e. The minimum Gasteiger partial charge on any atom is -0.431 e. The lowest BCUT2D eigenvalue weighted by Gasteiger charge is -2.27. The summed E-state index contributed by atoms with van der Waals surface area (Å²) in [5.74, 6) is -3.78. The largest absolute Gasteiger partial charge is 0.491 e. The Kier molecular flexibility index (Phi) is 3.19. The molecule has 1 N–H and O–H groups in total. The number of alkyl halides is 4. The van der Waals surface area contributed by atoms with E-state index >= 15 is 0 Å². The molecule has 3 rings (SSSR count). The molecular weight excluding hydrogens is 296 g/mol. The molecule has 2 heterocycles. The number of ether oxygens (including phenoxy) is 1. The first kappa shape index (κ1) is 14.3. The van der Waals surface area contributed by atoms with Crippen LogP contribution in [0.5, 0.6) is 0 Å². The molecule has 5 nitrogen and oxygen atoms in total. The Morgan fingerprint density at radius 1 is 1.29 bits per heavy atom. The number of rotatable bonds is 2. The summed E-state index contributed by atoms with van der Waals surface area (Å²) in [6, 6.07) is 0. The first-order chi connectivity index (χ1) is 9.79. The Labute approximate surface area is 116 Å². The number of carbonyl (C=O) groups excluding carboxylic acids is 2. The van der Waals surface area contributed by atoms with E-state index < -0.39 is 36.4 Å². The number of hydrogen-bond donors (Lipinski definition) is 1. The van der Waals surface area contributed by atoms with Crippen molar-refractivity contribution in [1.82, 2.24) is 10.2 Å². The first-order valence-corrected chi connectivity index (χ1v) is 6.43. The van der Waals surface area contributed by atoms with Gasteiger partial charge in [0.15, 0.2) is 0 Å². The molecule has 0 spiro atoms. The maximum absolute atomic E-state index is 13.0. The summed E-state index contributed by atoms with van der Waals surface area (Å²) < 4.78 is 54.5. The fourth-order valence-electron chi connectivity index (χ4n) is 2.61. The van der Waals surface area contributed by atoms with E-state index in [1.807, 2.05) is 0 Å². The standard InChI is InChI=1S/C12H12F4N2O3/c13-8-1-6(8)9(19)18-4-5-2-17-3-7(5)10(18)21-11(20)12(14,15)16/h6,8,10,17H,1-4H2. The van der Waals surface area contributed by atoms with Crippen LogP contribution in [0, 0.1) is 5.92 Å². The third-order valence-electron chi connectivity index (χ3n) is 3.81. The van der Waals surface area contributed by atoms with Gasteiger partial charge in [-0.15, -0.1) is 0 Å². The molecule has 0 aromatic heterocycles. The SMILES string of the molecule is O=C(C1CC1F)N1CC2=C(CNC2)C1OC(=O)C(F)(F)F. The van der Waals surface area contributed by atoms with Crippen LogP contribution < -0.4 is 5.32 Å². The molecule has 3 atom stereocenters. The summed E-state index contributed by atoms with van der Waals surface area (Å²) in [5.41, 5.74) is 1.18. The highest BCUT2D eigenvalue weighted by molar-refractivity contribution is 5.84.